The SMILES string of the molecule is CCN1CCCC(ON=C(C)C)C1. The van der Waals surface area contributed by atoms with Crippen LogP contribution < -0.4 is 0 Å². The van der Waals surface area contributed by atoms with E-state index in [1.807, 2.05) is 13.8 Å². The van der Waals surface area contributed by atoms with Crippen molar-refractivity contribution in [2.24, 2.45) is 5.16 Å². The second kappa shape index (κ2) is 5.22. The number of oxime groups is 1. The first-order chi connectivity index (χ1) is 6.22. The molecule has 1 fully saturated rings. The van der Waals surface area contributed by atoms with E-state index in [2.05, 4.69) is 17.0 Å². The average Bonchev–Trinajstić information content (AvgIpc) is 2.15. The zero-order valence-corrected chi connectivity index (χ0v) is 8.92. The van der Waals surface area contributed by atoms with E-state index in [1.54, 1.807) is 0 Å². The Hall–Kier alpha value is -0.570. The second-order valence-corrected chi connectivity index (χ2v) is 3.80. The first-order valence-corrected chi connectivity index (χ1v) is 5.11. The molecule has 0 aliphatic carbocycles. The first kappa shape index (κ1) is 10.5. The van der Waals surface area contributed by atoms with Gasteiger partial charge >= 0.3 is 0 Å². The fourth-order valence-electron chi connectivity index (χ4n) is 1.57. The van der Waals surface area contributed by atoms with E-state index in [9.17, 15) is 0 Å². The monoisotopic (exact) mass is 184 g/mol. The van der Waals surface area contributed by atoms with E-state index in [4.69, 9.17) is 4.84 Å². The first-order valence-electron chi connectivity index (χ1n) is 5.11. The highest BCUT2D eigenvalue weighted by Crippen LogP contribution is 2.12. The lowest BCUT2D eigenvalue weighted by Crippen LogP contribution is -2.38. The molecule has 1 saturated heterocycles. The number of likely N-dealkylation sites (N-methyl/N-ethyl adjacent to an activating group) is 1. The predicted molar refractivity (Wildman–Crippen MR) is 55.0 cm³/mol. The zero-order chi connectivity index (χ0) is 9.68. The summed E-state index contributed by atoms with van der Waals surface area (Å²) < 4.78 is 0. The van der Waals surface area contributed by atoms with Crippen molar-refractivity contribution < 1.29 is 4.84 Å². The van der Waals surface area contributed by atoms with Gasteiger partial charge in [-0.3, -0.25) is 4.90 Å². The summed E-state index contributed by atoms with van der Waals surface area (Å²) in [6, 6.07) is 0. The van der Waals surface area contributed by atoms with Crippen LogP contribution in [-0.4, -0.2) is 36.3 Å². The van der Waals surface area contributed by atoms with Gasteiger partial charge in [-0.1, -0.05) is 12.1 Å². The summed E-state index contributed by atoms with van der Waals surface area (Å²) in [5, 5.41) is 4.01. The van der Waals surface area contributed by atoms with E-state index in [0.29, 0.717) is 6.10 Å². The fourth-order valence-corrected chi connectivity index (χ4v) is 1.57. The summed E-state index contributed by atoms with van der Waals surface area (Å²) in [4.78, 5) is 7.83. The second-order valence-electron chi connectivity index (χ2n) is 3.80. The third-order valence-electron chi connectivity index (χ3n) is 2.29. The van der Waals surface area contributed by atoms with E-state index >= 15 is 0 Å². The minimum Gasteiger partial charge on any atom is -0.391 e. The molecule has 1 aliphatic rings. The summed E-state index contributed by atoms with van der Waals surface area (Å²) in [5.74, 6) is 0. The van der Waals surface area contributed by atoms with Crippen LogP contribution in [0.1, 0.15) is 33.6 Å². The zero-order valence-electron chi connectivity index (χ0n) is 8.92. The highest BCUT2D eigenvalue weighted by Gasteiger charge is 2.19. The van der Waals surface area contributed by atoms with Gasteiger partial charge in [0.05, 0.1) is 5.71 Å². The molecule has 0 radical (unpaired) electrons. The Bertz CT molecular complexity index is 176. The average molecular weight is 184 g/mol. The molecule has 3 heteroatoms. The molecule has 3 nitrogen and oxygen atoms in total. The van der Waals surface area contributed by atoms with Gasteiger partial charge in [0, 0.05) is 6.54 Å². The summed E-state index contributed by atoms with van der Waals surface area (Å²) in [7, 11) is 0. The van der Waals surface area contributed by atoms with E-state index in [-0.39, 0.29) is 0 Å². The molecular weight excluding hydrogens is 164 g/mol. The van der Waals surface area contributed by atoms with Crippen LogP contribution in [0.2, 0.25) is 0 Å². The molecule has 1 aliphatic heterocycles. The van der Waals surface area contributed by atoms with Gasteiger partial charge in [0.1, 0.15) is 6.10 Å². The Morgan fingerprint density at radius 3 is 2.92 bits per heavy atom. The Balaban J connectivity index is 2.30. The lowest BCUT2D eigenvalue weighted by molar-refractivity contribution is 0.00398. The van der Waals surface area contributed by atoms with Crippen LogP contribution in [0, 0.1) is 0 Å². The van der Waals surface area contributed by atoms with Crippen molar-refractivity contribution >= 4 is 5.71 Å². The highest BCUT2D eigenvalue weighted by atomic mass is 16.6. The molecule has 1 heterocycles. The molecule has 76 valence electrons. The van der Waals surface area contributed by atoms with Crippen molar-refractivity contribution in [1.29, 1.82) is 0 Å². The number of hydrogen-bond acceptors (Lipinski definition) is 3. The lowest BCUT2D eigenvalue weighted by atomic mass is 10.1. The predicted octanol–water partition coefficient (Wildman–Crippen LogP) is 1.88. The lowest BCUT2D eigenvalue weighted by Gasteiger charge is -2.30. The van der Waals surface area contributed by atoms with Gasteiger partial charge in [0.25, 0.3) is 0 Å². The third-order valence-corrected chi connectivity index (χ3v) is 2.29. The van der Waals surface area contributed by atoms with Crippen molar-refractivity contribution in [1.82, 2.24) is 4.90 Å². The fraction of sp³-hybridized carbons (Fsp3) is 0.900. The van der Waals surface area contributed by atoms with Crippen LogP contribution in [0.4, 0.5) is 0 Å². The number of rotatable bonds is 3. The summed E-state index contributed by atoms with van der Waals surface area (Å²) in [6.07, 6.45) is 2.69. The quantitative estimate of drug-likeness (QED) is 0.494. The maximum Gasteiger partial charge on any atom is 0.140 e. The maximum atomic E-state index is 5.42. The Morgan fingerprint density at radius 1 is 1.54 bits per heavy atom. The molecule has 0 N–H and O–H groups in total. The highest BCUT2D eigenvalue weighted by molar-refractivity contribution is 5.78. The van der Waals surface area contributed by atoms with Gasteiger partial charge in [0.2, 0.25) is 0 Å². The maximum absolute atomic E-state index is 5.42. The van der Waals surface area contributed by atoms with Crippen LogP contribution in [0.25, 0.3) is 0 Å². The van der Waals surface area contributed by atoms with E-state index in [1.165, 1.54) is 13.0 Å². The minimum absolute atomic E-state index is 0.309. The number of likely N-dealkylation sites (tertiary alicyclic amines) is 1. The molecule has 0 bridgehead atoms. The van der Waals surface area contributed by atoms with Crippen molar-refractivity contribution in [2.45, 2.75) is 39.7 Å². The van der Waals surface area contributed by atoms with Crippen molar-refractivity contribution in [2.75, 3.05) is 19.6 Å². The van der Waals surface area contributed by atoms with E-state index in [0.717, 1.165) is 25.2 Å². The van der Waals surface area contributed by atoms with Gasteiger partial charge in [-0.2, -0.15) is 0 Å². The van der Waals surface area contributed by atoms with Gasteiger partial charge in [-0.15, -0.1) is 0 Å². The largest absolute Gasteiger partial charge is 0.391 e. The Morgan fingerprint density at radius 2 is 2.31 bits per heavy atom. The summed E-state index contributed by atoms with van der Waals surface area (Å²) in [6.45, 7) is 9.48. The van der Waals surface area contributed by atoms with Crippen molar-refractivity contribution in [3.05, 3.63) is 0 Å². The van der Waals surface area contributed by atoms with Crippen LogP contribution in [-0.2, 0) is 4.84 Å². The van der Waals surface area contributed by atoms with Gasteiger partial charge in [-0.25, -0.2) is 0 Å². The number of piperidine rings is 1. The molecule has 0 aromatic heterocycles. The molecule has 1 atom stereocenters. The van der Waals surface area contributed by atoms with E-state index < -0.39 is 0 Å². The number of hydrogen-bond donors (Lipinski definition) is 0. The molecule has 0 saturated carbocycles. The van der Waals surface area contributed by atoms with Crippen LogP contribution >= 0.6 is 0 Å². The van der Waals surface area contributed by atoms with Crippen LogP contribution in [0.15, 0.2) is 5.16 Å². The minimum atomic E-state index is 0.309. The summed E-state index contributed by atoms with van der Waals surface area (Å²) in [5.41, 5.74) is 0.994. The Kier molecular flexibility index (Phi) is 4.22. The molecule has 0 amide bonds. The normalized spacial score (nSPS) is 24.1. The summed E-state index contributed by atoms with van der Waals surface area (Å²) >= 11 is 0. The van der Waals surface area contributed by atoms with Crippen LogP contribution in [0.3, 0.4) is 0 Å². The molecule has 1 unspecified atom stereocenters. The molecular formula is C10H20N2O. The van der Waals surface area contributed by atoms with Crippen molar-refractivity contribution in [3.8, 4) is 0 Å². The van der Waals surface area contributed by atoms with Gasteiger partial charge in [-0.05, 0) is 39.8 Å². The molecule has 1 rings (SSSR count). The smallest absolute Gasteiger partial charge is 0.140 e. The standard InChI is InChI=1S/C10H20N2O/c1-4-12-7-5-6-10(8-12)13-11-9(2)3/h10H,4-8H2,1-3H3. The molecule has 13 heavy (non-hydrogen) atoms. The number of nitrogens with zero attached hydrogens (tertiary/aromatic N) is 2. The van der Waals surface area contributed by atoms with Crippen LogP contribution in [0.5, 0.6) is 0 Å². The van der Waals surface area contributed by atoms with Gasteiger partial charge in [0.15, 0.2) is 0 Å². The molecule has 0 aromatic carbocycles. The molecule has 0 spiro atoms. The Labute approximate surface area is 80.7 Å². The van der Waals surface area contributed by atoms with Gasteiger partial charge < -0.3 is 4.84 Å². The molecule has 0 aromatic rings. The third kappa shape index (κ3) is 3.77. The van der Waals surface area contributed by atoms with Crippen molar-refractivity contribution in [3.63, 3.8) is 0 Å². The topological polar surface area (TPSA) is 24.8 Å².